The first kappa shape index (κ1) is 14.5. The van der Waals surface area contributed by atoms with Gasteiger partial charge in [0.05, 0.1) is 5.69 Å². The maximum Gasteiger partial charge on any atom is 0.245 e. The van der Waals surface area contributed by atoms with Crippen molar-refractivity contribution < 1.29 is 8.42 Å². The lowest BCUT2D eigenvalue weighted by Gasteiger charge is -2.17. The highest BCUT2D eigenvalue weighted by Crippen LogP contribution is 2.26. The predicted molar refractivity (Wildman–Crippen MR) is 81.5 cm³/mol. The average molecular weight is 361 g/mol. The molecule has 2 aromatic rings. The molecule has 4 nitrogen and oxygen atoms in total. The van der Waals surface area contributed by atoms with Crippen LogP contribution in [0.3, 0.4) is 0 Å². The van der Waals surface area contributed by atoms with Crippen LogP contribution in [0, 0.1) is 0 Å². The molecule has 2 rings (SSSR count). The van der Waals surface area contributed by atoms with E-state index >= 15 is 0 Å². The van der Waals surface area contributed by atoms with Crippen molar-refractivity contribution in [3.05, 3.63) is 45.1 Å². The minimum Gasteiger partial charge on any atom is -0.398 e. The zero-order valence-corrected chi connectivity index (χ0v) is 13.4. The van der Waals surface area contributed by atoms with Gasteiger partial charge in [0.1, 0.15) is 4.90 Å². The van der Waals surface area contributed by atoms with Crippen molar-refractivity contribution in [2.75, 3.05) is 12.8 Å². The molecule has 7 heteroatoms. The Morgan fingerprint density at radius 1 is 1.37 bits per heavy atom. The Kier molecular flexibility index (Phi) is 4.29. The summed E-state index contributed by atoms with van der Waals surface area (Å²) >= 11 is 4.79. The third-order valence-electron chi connectivity index (χ3n) is 2.62. The van der Waals surface area contributed by atoms with Gasteiger partial charge in [0.15, 0.2) is 0 Å². The molecule has 1 aromatic heterocycles. The van der Waals surface area contributed by atoms with E-state index < -0.39 is 10.0 Å². The van der Waals surface area contributed by atoms with Crippen LogP contribution >= 0.6 is 27.3 Å². The van der Waals surface area contributed by atoms with Crippen molar-refractivity contribution >= 4 is 43.0 Å². The van der Waals surface area contributed by atoms with Crippen LogP contribution in [-0.2, 0) is 16.6 Å². The van der Waals surface area contributed by atoms with Crippen LogP contribution in [0.2, 0.25) is 0 Å². The standard InChI is InChI=1S/C12H13BrN2O2S2/c1-15(8-10-3-2-6-18-10)19(16,17)12-7-9(13)4-5-11(12)14/h2-7H,8,14H2,1H3. The highest BCUT2D eigenvalue weighted by molar-refractivity contribution is 9.10. The summed E-state index contributed by atoms with van der Waals surface area (Å²) in [7, 11) is -2.03. The first-order chi connectivity index (χ1) is 8.91. The fourth-order valence-electron chi connectivity index (χ4n) is 1.61. The quantitative estimate of drug-likeness (QED) is 0.852. The number of nitrogen functional groups attached to an aromatic ring is 1. The zero-order valence-electron chi connectivity index (χ0n) is 10.2. The largest absolute Gasteiger partial charge is 0.398 e. The van der Waals surface area contributed by atoms with Gasteiger partial charge in [0.25, 0.3) is 0 Å². The molecule has 0 bridgehead atoms. The van der Waals surface area contributed by atoms with Crippen molar-refractivity contribution in [2.24, 2.45) is 0 Å². The minimum absolute atomic E-state index is 0.126. The van der Waals surface area contributed by atoms with Crippen LogP contribution in [0.15, 0.2) is 45.1 Å². The van der Waals surface area contributed by atoms with Crippen molar-refractivity contribution in [2.45, 2.75) is 11.4 Å². The second-order valence-corrected chi connectivity index (χ2v) is 7.98. The molecule has 0 fully saturated rings. The molecule has 0 spiro atoms. The number of thiophene rings is 1. The lowest BCUT2D eigenvalue weighted by atomic mass is 10.3. The number of rotatable bonds is 4. The highest BCUT2D eigenvalue weighted by atomic mass is 79.9. The zero-order chi connectivity index (χ0) is 14.0. The molecule has 19 heavy (non-hydrogen) atoms. The molecule has 0 atom stereocenters. The van der Waals surface area contributed by atoms with E-state index in [9.17, 15) is 8.42 Å². The molecule has 102 valence electrons. The number of nitrogens with two attached hydrogens (primary N) is 1. The van der Waals surface area contributed by atoms with E-state index in [4.69, 9.17) is 5.73 Å². The summed E-state index contributed by atoms with van der Waals surface area (Å²) in [5.41, 5.74) is 6.01. The number of benzene rings is 1. The molecular formula is C12H13BrN2O2S2. The van der Waals surface area contributed by atoms with Crippen molar-refractivity contribution in [1.82, 2.24) is 4.31 Å². The van der Waals surface area contributed by atoms with Crippen molar-refractivity contribution in [3.8, 4) is 0 Å². The number of anilines is 1. The number of halogens is 1. The van der Waals surface area contributed by atoms with Gasteiger partial charge >= 0.3 is 0 Å². The first-order valence-electron chi connectivity index (χ1n) is 5.45. The smallest absolute Gasteiger partial charge is 0.245 e. The van der Waals surface area contributed by atoms with Crippen LogP contribution in [0.1, 0.15) is 4.88 Å². The predicted octanol–water partition coefficient (Wildman–Crippen LogP) is 2.91. The Morgan fingerprint density at radius 3 is 2.74 bits per heavy atom. The van der Waals surface area contributed by atoms with Gasteiger partial charge in [-0.3, -0.25) is 0 Å². The summed E-state index contributed by atoms with van der Waals surface area (Å²) in [4.78, 5) is 1.11. The molecule has 0 saturated carbocycles. The second kappa shape index (κ2) is 5.62. The Hall–Kier alpha value is -0.890. The summed E-state index contributed by atoms with van der Waals surface area (Å²) in [6.07, 6.45) is 0. The van der Waals surface area contributed by atoms with E-state index in [-0.39, 0.29) is 10.6 Å². The second-order valence-electron chi connectivity index (χ2n) is 4.02. The lowest BCUT2D eigenvalue weighted by Crippen LogP contribution is -2.26. The number of sulfonamides is 1. The number of hydrogen-bond donors (Lipinski definition) is 1. The molecule has 1 heterocycles. The topological polar surface area (TPSA) is 63.4 Å². The molecule has 0 radical (unpaired) electrons. The Morgan fingerprint density at radius 2 is 2.11 bits per heavy atom. The van der Waals surface area contributed by atoms with E-state index in [1.807, 2.05) is 17.5 Å². The fraction of sp³-hybridized carbons (Fsp3) is 0.167. The van der Waals surface area contributed by atoms with Gasteiger partial charge in [0.2, 0.25) is 10.0 Å². The first-order valence-corrected chi connectivity index (χ1v) is 8.56. The summed E-state index contributed by atoms with van der Waals surface area (Å²) in [5.74, 6) is 0. The molecule has 0 aliphatic rings. The minimum atomic E-state index is -3.58. The van der Waals surface area contributed by atoms with E-state index in [0.717, 1.165) is 4.88 Å². The van der Waals surface area contributed by atoms with Crippen LogP contribution in [0.25, 0.3) is 0 Å². The van der Waals surface area contributed by atoms with Gasteiger partial charge in [-0.15, -0.1) is 11.3 Å². The van der Waals surface area contributed by atoms with E-state index in [2.05, 4.69) is 15.9 Å². The molecular weight excluding hydrogens is 348 g/mol. The Balaban J connectivity index is 2.33. The normalized spacial score (nSPS) is 11.9. The Labute approximate surface area is 125 Å². The maximum atomic E-state index is 12.5. The van der Waals surface area contributed by atoms with Gasteiger partial charge in [-0.25, -0.2) is 8.42 Å². The van der Waals surface area contributed by atoms with Gasteiger partial charge in [-0.1, -0.05) is 22.0 Å². The number of hydrogen-bond acceptors (Lipinski definition) is 4. The third-order valence-corrected chi connectivity index (χ3v) is 5.84. The molecule has 2 N–H and O–H groups in total. The molecule has 0 aliphatic heterocycles. The lowest BCUT2D eigenvalue weighted by molar-refractivity contribution is 0.470. The third kappa shape index (κ3) is 3.17. The SMILES string of the molecule is CN(Cc1cccs1)S(=O)(=O)c1cc(Br)ccc1N. The van der Waals surface area contributed by atoms with Gasteiger partial charge in [-0.2, -0.15) is 4.31 Å². The van der Waals surface area contributed by atoms with E-state index in [0.29, 0.717) is 11.0 Å². The van der Waals surface area contributed by atoms with Crippen molar-refractivity contribution in [1.29, 1.82) is 0 Å². The fourth-order valence-corrected chi connectivity index (χ4v) is 4.24. The summed E-state index contributed by atoms with van der Waals surface area (Å²) in [5, 5.41) is 1.92. The molecule has 1 aromatic carbocycles. The maximum absolute atomic E-state index is 12.5. The van der Waals surface area contributed by atoms with Gasteiger partial charge in [0, 0.05) is 22.9 Å². The number of nitrogens with zero attached hydrogens (tertiary/aromatic N) is 1. The molecule has 0 amide bonds. The average Bonchev–Trinajstić information content (AvgIpc) is 2.85. The Bertz CT molecular complexity index is 669. The monoisotopic (exact) mass is 360 g/mol. The van der Waals surface area contributed by atoms with Crippen LogP contribution in [0.4, 0.5) is 5.69 Å². The molecule has 0 aliphatic carbocycles. The van der Waals surface area contributed by atoms with Gasteiger partial charge in [-0.05, 0) is 29.6 Å². The van der Waals surface area contributed by atoms with E-state index in [1.165, 1.54) is 21.7 Å². The van der Waals surface area contributed by atoms with Crippen molar-refractivity contribution in [3.63, 3.8) is 0 Å². The van der Waals surface area contributed by atoms with Crippen LogP contribution < -0.4 is 5.73 Å². The van der Waals surface area contributed by atoms with Gasteiger partial charge < -0.3 is 5.73 Å². The van der Waals surface area contributed by atoms with Crippen LogP contribution in [-0.4, -0.2) is 19.8 Å². The summed E-state index contributed by atoms with van der Waals surface area (Å²) < 4.78 is 26.9. The van der Waals surface area contributed by atoms with Crippen LogP contribution in [0.5, 0.6) is 0 Å². The molecule has 0 saturated heterocycles. The molecule has 0 unspecified atom stereocenters. The highest BCUT2D eigenvalue weighted by Gasteiger charge is 2.23. The summed E-state index contributed by atoms with van der Waals surface area (Å²) in [6.45, 7) is 0.339. The summed E-state index contributed by atoms with van der Waals surface area (Å²) in [6, 6.07) is 8.62. The van der Waals surface area contributed by atoms with E-state index in [1.54, 1.807) is 19.2 Å².